The molecule has 1 heterocycles. The number of aromatic amines is 1. The van der Waals surface area contributed by atoms with Crippen molar-refractivity contribution in [2.45, 2.75) is 26.3 Å². The zero-order chi connectivity index (χ0) is 10.1. The van der Waals surface area contributed by atoms with Gasteiger partial charge in [0, 0.05) is 23.1 Å². The zero-order valence-electron chi connectivity index (χ0n) is 8.67. The summed E-state index contributed by atoms with van der Waals surface area (Å²) in [5.74, 6) is 0. The molecule has 0 aliphatic rings. The number of fused-ring (bicyclic) bond motifs is 1. The van der Waals surface area contributed by atoms with Gasteiger partial charge in [0.15, 0.2) is 0 Å². The molecule has 2 rings (SSSR count). The van der Waals surface area contributed by atoms with Gasteiger partial charge in [-0.15, -0.1) is 0 Å². The fraction of sp³-hybridized carbons (Fsp3) is 0.333. The SMILES string of the molecule is Cc1cccc2c(CC(C)N)c[nH]c12. The van der Waals surface area contributed by atoms with E-state index in [-0.39, 0.29) is 6.04 Å². The van der Waals surface area contributed by atoms with Crippen LogP contribution < -0.4 is 5.73 Å². The normalized spacial score (nSPS) is 13.4. The standard InChI is InChI=1S/C12H16N2/c1-8-4-3-5-11-10(6-9(2)13)7-14-12(8)11/h3-5,7,9,14H,6,13H2,1-2H3. The van der Waals surface area contributed by atoms with Crippen LogP contribution >= 0.6 is 0 Å². The number of aryl methyl sites for hydroxylation is 1. The van der Waals surface area contributed by atoms with Crippen LogP contribution in [-0.4, -0.2) is 11.0 Å². The van der Waals surface area contributed by atoms with Crippen LogP contribution in [0.25, 0.3) is 10.9 Å². The third-order valence-electron chi connectivity index (χ3n) is 2.55. The second kappa shape index (κ2) is 3.46. The van der Waals surface area contributed by atoms with Crippen LogP contribution in [0.3, 0.4) is 0 Å². The van der Waals surface area contributed by atoms with Crippen molar-refractivity contribution in [3.05, 3.63) is 35.5 Å². The minimum absolute atomic E-state index is 0.217. The maximum Gasteiger partial charge on any atom is 0.0486 e. The van der Waals surface area contributed by atoms with Gasteiger partial charge in [0.1, 0.15) is 0 Å². The van der Waals surface area contributed by atoms with Crippen molar-refractivity contribution < 1.29 is 0 Å². The molecule has 0 fully saturated rings. The Morgan fingerprint density at radius 2 is 2.21 bits per heavy atom. The third-order valence-corrected chi connectivity index (χ3v) is 2.55. The Bertz CT molecular complexity index is 441. The molecule has 0 saturated carbocycles. The lowest BCUT2D eigenvalue weighted by Crippen LogP contribution is -2.17. The van der Waals surface area contributed by atoms with Crippen LogP contribution in [0.2, 0.25) is 0 Å². The van der Waals surface area contributed by atoms with E-state index in [4.69, 9.17) is 5.73 Å². The molecular weight excluding hydrogens is 172 g/mol. The van der Waals surface area contributed by atoms with E-state index in [2.05, 4.69) is 36.3 Å². The Hall–Kier alpha value is -1.28. The number of para-hydroxylation sites is 1. The smallest absolute Gasteiger partial charge is 0.0486 e. The molecule has 1 aromatic carbocycles. The van der Waals surface area contributed by atoms with E-state index in [1.54, 1.807) is 0 Å². The molecule has 14 heavy (non-hydrogen) atoms. The quantitative estimate of drug-likeness (QED) is 0.746. The molecule has 2 heteroatoms. The zero-order valence-corrected chi connectivity index (χ0v) is 8.67. The van der Waals surface area contributed by atoms with Crippen molar-refractivity contribution in [3.63, 3.8) is 0 Å². The largest absolute Gasteiger partial charge is 0.361 e. The average molecular weight is 188 g/mol. The van der Waals surface area contributed by atoms with Gasteiger partial charge < -0.3 is 10.7 Å². The van der Waals surface area contributed by atoms with E-state index < -0.39 is 0 Å². The van der Waals surface area contributed by atoms with E-state index in [1.165, 1.54) is 22.0 Å². The van der Waals surface area contributed by atoms with Crippen molar-refractivity contribution in [3.8, 4) is 0 Å². The molecule has 0 bridgehead atoms. The first kappa shape index (κ1) is 9.28. The van der Waals surface area contributed by atoms with E-state index in [0.29, 0.717) is 0 Å². The summed E-state index contributed by atoms with van der Waals surface area (Å²) in [7, 11) is 0. The average Bonchev–Trinajstić information content (AvgIpc) is 2.49. The second-order valence-electron chi connectivity index (χ2n) is 3.99. The van der Waals surface area contributed by atoms with E-state index in [0.717, 1.165) is 6.42 Å². The molecule has 0 aliphatic heterocycles. The lowest BCUT2D eigenvalue weighted by atomic mass is 10.1. The van der Waals surface area contributed by atoms with Gasteiger partial charge in [-0.05, 0) is 31.4 Å². The van der Waals surface area contributed by atoms with Gasteiger partial charge in [0.25, 0.3) is 0 Å². The number of H-pyrrole nitrogens is 1. The number of aromatic nitrogens is 1. The summed E-state index contributed by atoms with van der Waals surface area (Å²) in [6.45, 7) is 4.16. The summed E-state index contributed by atoms with van der Waals surface area (Å²) < 4.78 is 0. The number of hydrogen-bond acceptors (Lipinski definition) is 1. The molecule has 3 N–H and O–H groups in total. The number of benzene rings is 1. The Morgan fingerprint density at radius 3 is 2.93 bits per heavy atom. The molecule has 1 aromatic heterocycles. The van der Waals surface area contributed by atoms with Gasteiger partial charge in [0.05, 0.1) is 0 Å². The van der Waals surface area contributed by atoms with Crippen molar-refractivity contribution in [2.24, 2.45) is 5.73 Å². The molecule has 0 spiro atoms. The molecule has 0 amide bonds. The van der Waals surface area contributed by atoms with Crippen LogP contribution in [-0.2, 0) is 6.42 Å². The molecule has 1 atom stereocenters. The Balaban J connectivity index is 2.52. The highest BCUT2D eigenvalue weighted by Gasteiger charge is 2.06. The van der Waals surface area contributed by atoms with Crippen LogP contribution in [0, 0.1) is 6.92 Å². The summed E-state index contributed by atoms with van der Waals surface area (Å²) in [6, 6.07) is 6.58. The molecule has 2 aromatic rings. The summed E-state index contributed by atoms with van der Waals surface area (Å²) >= 11 is 0. The second-order valence-corrected chi connectivity index (χ2v) is 3.99. The first-order valence-corrected chi connectivity index (χ1v) is 4.99. The highest BCUT2D eigenvalue weighted by molar-refractivity contribution is 5.85. The first-order valence-electron chi connectivity index (χ1n) is 4.99. The molecular formula is C12H16N2. The van der Waals surface area contributed by atoms with Gasteiger partial charge in [-0.25, -0.2) is 0 Å². The topological polar surface area (TPSA) is 41.8 Å². The fourth-order valence-electron chi connectivity index (χ4n) is 1.88. The third kappa shape index (κ3) is 1.53. The van der Waals surface area contributed by atoms with Gasteiger partial charge in [-0.2, -0.15) is 0 Å². The number of nitrogens with one attached hydrogen (secondary N) is 1. The maximum absolute atomic E-state index is 5.80. The summed E-state index contributed by atoms with van der Waals surface area (Å²) in [5.41, 5.74) is 9.65. The van der Waals surface area contributed by atoms with Gasteiger partial charge in [-0.3, -0.25) is 0 Å². The molecule has 74 valence electrons. The van der Waals surface area contributed by atoms with Gasteiger partial charge >= 0.3 is 0 Å². The monoisotopic (exact) mass is 188 g/mol. The van der Waals surface area contributed by atoms with Gasteiger partial charge in [-0.1, -0.05) is 18.2 Å². The van der Waals surface area contributed by atoms with Crippen LogP contribution in [0.1, 0.15) is 18.1 Å². The first-order chi connectivity index (χ1) is 6.68. The number of rotatable bonds is 2. The van der Waals surface area contributed by atoms with Crippen LogP contribution in [0.15, 0.2) is 24.4 Å². The van der Waals surface area contributed by atoms with Crippen molar-refractivity contribution in [1.82, 2.24) is 4.98 Å². The van der Waals surface area contributed by atoms with E-state index >= 15 is 0 Å². The lowest BCUT2D eigenvalue weighted by Gasteiger charge is -2.03. The number of hydrogen-bond donors (Lipinski definition) is 2. The minimum atomic E-state index is 0.217. The summed E-state index contributed by atoms with van der Waals surface area (Å²) in [6.07, 6.45) is 3.00. The molecule has 2 nitrogen and oxygen atoms in total. The number of nitrogens with two attached hydrogens (primary N) is 1. The predicted molar refractivity (Wildman–Crippen MR) is 60.4 cm³/mol. The highest BCUT2D eigenvalue weighted by atomic mass is 14.7. The van der Waals surface area contributed by atoms with Crippen molar-refractivity contribution in [2.75, 3.05) is 0 Å². The molecule has 1 unspecified atom stereocenters. The van der Waals surface area contributed by atoms with E-state index in [1.807, 2.05) is 6.92 Å². The highest BCUT2D eigenvalue weighted by Crippen LogP contribution is 2.21. The Kier molecular flexibility index (Phi) is 2.30. The molecule has 0 saturated heterocycles. The fourth-order valence-corrected chi connectivity index (χ4v) is 1.88. The molecule has 0 radical (unpaired) electrons. The predicted octanol–water partition coefficient (Wildman–Crippen LogP) is 2.37. The van der Waals surface area contributed by atoms with Crippen LogP contribution in [0.4, 0.5) is 0 Å². The van der Waals surface area contributed by atoms with Crippen molar-refractivity contribution in [1.29, 1.82) is 0 Å². The minimum Gasteiger partial charge on any atom is -0.361 e. The summed E-state index contributed by atoms with van der Waals surface area (Å²) in [4.78, 5) is 3.31. The Labute approximate surface area is 84.1 Å². The molecule has 0 aliphatic carbocycles. The van der Waals surface area contributed by atoms with Crippen molar-refractivity contribution >= 4 is 10.9 Å². The lowest BCUT2D eigenvalue weighted by molar-refractivity contribution is 0.741. The maximum atomic E-state index is 5.80. The summed E-state index contributed by atoms with van der Waals surface area (Å²) in [5, 5.41) is 1.31. The Morgan fingerprint density at radius 1 is 1.43 bits per heavy atom. The van der Waals surface area contributed by atoms with E-state index in [9.17, 15) is 0 Å². The van der Waals surface area contributed by atoms with Crippen LogP contribution in [0.5, 0.6) is 0 Å². The van der Waals surface area contributed by atoms with Gasteiger partial charge in [0.2, 0.25) is 0 Å².